The zero-order valence-electron chi connectivity index (χ0n) is 8.83. The fourth-order valence-corrected chi connectivity index (χ4v) is 1.14. The quantitative estimate of drug-likeness (QED) is 0.496. The average Bonchev–Trinajstić information content (AvgIpc) is 2.22. The van der Waals surface area contributed by atoms with Gasteiger partial charge in [0.1, 0.15) is 0 Å². The Morgan fingerprint density at radius 1 is 1.29 bits per heavy atom. The van der Waals surface area contributed by atoms with E-state index in [1.165, 1.54) is 14.2 Å². The number of ether oxygens (including phenoxy) is 2. The van der Waals surface area contributed by atoms with Crippen molar-refractivity contribution in [3.63, 3.8) is 0 Å². The molecule has 0 saturated carbocycles. The van der Waals surface area contributed by atoms with Crippen molar-refractivity contribution in [1.82, 2.24) is 0 Å². The van der Waals surface area contributed by atoms with Crippen molar-refractivity contribution in [3.8, 4) is 0 Å². The summed E-state index contributed by atoms with van der Waals surface area (Å²) in [4.78, 5) is 22.4. The Labute approximate surface area is 83.9 Å². The molecular weight excluding hydrogens is 184 g/mol. The number of esters is 2. The standard InChI is InChI=1S/C10H16O4/c1-5-6-8(10(12)14-4)7(2)9(11)13-3/h8H,2,5-6H2,1,3-4H3. The zero-order chi connectivity index (χ0) is 11.1. The smallest absolute Gasteiger partial charge is 0.334 e. The van der Waals surface area contributed by atoms with Gasteiger partial charge in [-0.1, -0.05) is 19.9 Å². The van der Waals surface area contributed by atoms with Crippen LogP contribution >= 0.6 is 0 Å². The van der Waals surface area contributed by atoms with Crippen LogP contribution in [0.5, 0.6) is 0 Å². The third-order valence-electron chi connectivity index (χ3n) is 1.93. The first kappa shape index (κ1) is 12.7. The predicted octanol–water partition coefficient (Wildman–Crippen LogP) is 1.30. The maximum Gasteiger partial charge on any atom is 0.334 e. The van der Waals surface area contributed by atoms with E-state index in [0.29, 0.717) is 6.42 Å². The number of hydrogen-bond acceptors (Lipinski definition) is 4. The van der Waals surface area contributed by atoms with Gasteiger partial charge in [-0.05, 0) is 6.42 Å². The normalized spacial score (nSPS) is 11.6. The van der Waals surface area contributed by atoms with E-state index >= 15 is 0 Å². The molecule has 0 N–H and O–H groups in total. The first-order valence-corrected chi connectivity index (χ1v) is 4.43. The Balaban J connectivity index is 4.56. The molecule has 0 aromatic carbocycles. The summed E-state index contributed by atoms with van der Waals surface area (Å²) in [5.41, 5.74) is 0.154. The Kier molecular flexibility index (Phi) is 5.60. The first-order chi connectivity index (χ1) is 6.58. The largest absolute Gasteiger partial charge is 0.469 e. The lowest BCUT2D eigenvalue weighted by atomic mass is 9.96. The molecule has 0 fully saturated rings. The molecule has 0 rings (SSSR count). The van der Waals surface area contributed by atoms with Gasteiger partial charge in [-0.25, -0.2) is 4.79 Å². The Morgan fingerprint density at radius 3 is 2.21 bits per heavy atom. The van der Waals surface area contributed by atoms with Crippen LogP contribution in [0.25, 0.3) is 0 Å². The van der Waals surface area contributed by atoms with Gasteiger partial charge in [-0.2, -0.15) is 0 Å². The molecule has 0 aliphatic carbocycles. The third-order valence-corrected chi connectivity index (χ3v) is 1.93. The fraction of sp³-hybridized carbons (Fsp3) is 0.600. The van der Waals surface area contributed by atoms with Gasteiger partial charge in [0.2, 0.25) is 0 Å². The highest BCUT2D eigenvalue weighted by atomic mass is 16.5. The van der Waals surface area contributed by atoms with Gasteiger partial charge in [-0.3, -0.25) is 4.79 Å². The van der Waals surface area contributed by atoms with Gasteiger partial charge in [0.05, 0.1) is 20.1 Å². The maximum absolute atomic E-state index is 11.3. The highest BCUT2D eigenvalue weighted by Crippen LogP contribution is 2.18. The van der Waals surface area contributed by atoms with Gasteiger partial charge >= 0.3 is 11.9 Å². The number of hydrogen-bond donors (Lipinski definition) is 0. The summed E-state index contributed by atoms with van der Waals surface area (Å²) in [5.74, 6) is -1.59. The lowest BCUT2D eigenvalue weighted by Gasteiger charge is -2.14. The van der Waals surface area contributed by atoms with Gasteiger partial charge < -0.3 is 9.47 Å². The van der Waals surface area contributed by atoms with E-state index in [9.17, 15) is 9.59 Å². The van der Waals surface area contributed by atoms with E-state index < -0.39 is 17.9 Å². The molecule has 4 nitrogen and oxygen atoms in total. The minimum atomic E-state index is -0.586. The summed E-state index contributed by atoms with van der Waals surface area (Å²) >= 11 is 0. The summed E-state index contributed by atoms with van der Waals surface area (Å²) in [5, 5.41) is 0. The Bertz CT molecular complexity index is 232. The van der Waals surface area contributed by atoms with Gasteiger partial charge in [-0.15, -0.1) is 0 Å². The minimum absolute atomic E-state index is 0.154. The zero-order valence-corrected chi connectivity index (χ0v) is 8.83. The lowest BCUT2D eigenvalue weighted by molar-refractivity contribution is -0.147. The van der Waals surface area contributed by atoms with Gasteiger partial charge in [0.15, 0.2) is 0 Å². The van der Waals surface area contributed by atoms with Crippen LogP contribution in [-0.4, -0.2) is 26.2 Å². The van der Waals surface area contributed by atoms with E-state index in [1.807, 2.05) is 6.92 Å². The third kappa shape index (κ3) is 3.20. The Hall–Kier alpha value is -1.32. The number of rotatable bonds is 5. The topological polar surface area (TPSA) is 52.6 Å². The van der Waals surface area contributed by atoms with Crippen molar-refractivity contribution in [3.05, 3.63) is 12.2 Å². The fourth-order valence-electron chi connectivity index (χ4n) is 1.14. The molecule has 0 aromatic heterocycles. The van der Waals surface area contributed by atoms with Crippen molar-refractivity contribution in [2.75, 3.05) is 14.2 Å². The number of methoxy groups -OCH3 is 2. The molecule has 0 spiro atoms. The molecule has 0 radical (unpaired) electrons. The summed E-state index contributed by atoms with van der Waals surface area (Å²) in [6, 6.07) is 0. The van der Waals surface area contributed by atoms with Crippen molar-refractivity contribution >= 4 is 11.9 Å². The average molecular weight is 200 g/mol. The maximum atomic E-state index is 11.3. The summed E-state index contributed by atoms with van der Waals surface area (Å²) < 4.78 is 9.06. The molecule has 0 aliphatic heterocycles. The molecule has 0 amide bonds. The number of carbonyl (C=O) groups is 2. The first-order valence-electron chi connectivity index (χ1n) is 4.43. The molecule has 80 valence electrons. The van der Waals surface area contributed by atoms with Crippen LogP contribution < -0.4 is 0 Å². The van der Waals surface area contributed by atoms with Crippen molar-refractivity contribution in [2.45, 2.75) is 19.8 Å². The summed E-state index contributed by atoms with van der Waals surface area (Å²) in [6.07, 6.45) is 1.32. The summed E-state index contributed by atoms with van der Waals surface area (Å²) in [7, 11) is 2.54. The summed E-state index contributed by atoms with van der Waals surface area (Å²) in [6.45, 7) is 5.46. The van der Waals surface area contributed by atoms with Crippen LogP contribution in [0.2, 0.25) is 0 Å². The molecule has 1 unspecified atom stereocenters. The van der Waals surface area contributed by atoms with Crippen LogP contribution in [0.1, 0.15) is 19.8 Å². The van der Waals surface area contributed by atoms with Gasteiger partial charge in [0.25, 0.3) is 0 Å². The van der Waals surface area contributed by atoms with Crippen LogP contribution in [0.4, 0.5) is 0 Å². The highest BCUT2D eigenvalue weighted by Gasteiger charge is 2.26. The van der Waals surface area contributed by atoms with Crippen LogP contribution in [0.3, 0.4) is 0 Å². The molecule has 0 aromatic rings. The van der Waals surface area contributed by atoms with E-state index in [-0.39, 0.29) is 5.57 Å². The molecule has 14 heavy (non-hydrogen) atoms. The highest BCUT2D eigenvalue weighted by molar-refractivity contribution is 5.94. The van der Waals surface area contributed by atoms with Crippen molar-refractivity contribution in [2.24, 2.45) is 5.92 Å². The predicted molar refractivity (Wildman–Crippen MR) is 51.6 cm³/mol. The second-order valence-corrected chi connectivity index (χ2v) is 2.88. The molecule has 0 bridgehead atoms. The van der Waals surface area contributed by atoms with Crippen molar-refractivity contribution < 1.29 is 19.1 Å². The van der Waals surface area contributed by atoms with Crippen LogP contribution in [-0.2, 0) is 19.1 Å². The number of carbonyl (C=O) groups excluding carboxylic acids is 2. The molecule has 0 saturated heterocycles. The van der Waals surface area contributed by atoms with Gasteiger partial charge in [0, 0.05) is 5.57 Å². The molecule has 4 heteroatoms. The molecule has 0 aliphatic rings. The second-order valence-electron chi connectivity index (χ2n) is 2.88. The van der Waals surface area contributed by atoms with E-state index in [2.05, 4.69) is 16.1 Å². The minimum Gasteiger partial charge on any atom is -0.469 e. The van der Waals surface area contributed by atoms with E-state index in [1.54, 1.807) is 0 Å². The van der Waals surface area contributed by atoms with Crippen LogP contribution in [0, 0.1) is 5.92 Å². The molecule has 0 heterocycles. The molecule has 1 atom stereocenters. The van der Waals surface area contributed by atoms with Crippen molar-refractivity contribution in [1.29, 1.82) is 0 Å². The van der Waals surface area contributed by atoms with E-state index in [4.69, 9.17) is 0 Å². The second kappa shape index (κ2) is 6.18. The monoisotopic (exact) mass is 200 g/mol. The van der Waals surface area contributed by atoms with Crippen LogP contribution in [0.15, 0.2) is 12.2 Å². The SMILES string of the molecule is C=C(C(=O)OC)C(CCC)C(=O)OC. The van der Waals surface area contributed by atoms with E-state index in [0.717, 1.165) is 6.42 Å². The lowest BCUT2D eigenvalue weighted by Crippen LogP contribution is -2.23. The molecular formula is C10H16O4. The Morgan fingerprint density at radius 2 is 1.86 bits per heavy atom.